The summed E-state index contributed by atoms with van der Waals surface area (Å²) >= 11 is 0. The van der Waals surface area contributed by atoms with Crippen LogP contribution < -0.4 is 0 Å². The lowest BCUT2D eigenvalue weighted by Gasteiger charge is -2.08. The Kier molecular flexibility index (Phi) is 24.1. The third-order valence-electron chi connectivity index (χ3n) is 4.54. The second kappa shape index (κ2) is 25.0. The maximum absolute atomic E-state index is 11.7. The van der Waals surface area contributed by atoms with E-state index in [1.165, 1.54) is 52.1 Å². The molecule has 0 rings (SSSR count). The summed E-state index contributed by atoms with van der Waals surface area (Å²) in [4.78, 5) is 22.5. The van der Waals surface area contributed by atoms with Crippen molar-refractivity contribution in [2.75, 3.05) is 66.6 Å². The molecule has 8 nitrogen and oxygen atoms in total. The van der Waals surface area contributed by atoms with Crippen molar-refractivity contribution in [2.24, 2.45) is 0 Å². The zero-order chi connectivity index (χ0) is 22.8. The normalized spacial score (nSPS) is 10.9. The smallest absolute Gasteiger partial charge is 0.331 e. The van der Waals surface area contributed by atoms with Crippen LogP contribution in [-0.2, 0) is 38.0 Å². The van der Waals surface area contributed by atoms with Gasteiger partial charge < -0.3 is 28.4 Å². The second-order valence-electron chi connectivity index (χ2n) is 7.26. The molecule has 0 aromatic carbocycles. The van der Waals surface area contributed by atoms with E-state index >= 15 is 0 Å². The highest BCUT2D eigenvalue weighted by atomic mass is 16.6. The number of carbonyl (C=O) groups is 2. The Balaban J connectivity index is 3.16. The van der Waals surface area contributed by atoms with Gasteiger partial charge in [-0.3, -0.25) is 4.79 Å². The van der Waals surface area contributed by atoms with Crippen molar-refractivity contribution in [1.82, 2.24) is 0 Å². The summed E-state index contributed by atoms with van der Waals surface area (Å²) in [5, 5.41) is 0. The Bertz CT molecular complexity index is 403. The lowest BCUT2D eigenvalue weighted by Crippen LogP contribution is -2.16. The molecular weight excluding hydrogens is 404 g/mol. The molecule has 0 aromatic rings. The van der Waals surface area contributed by atoms with Gasteiger partial charge in [0.2, 0.25) is 0 Å². The van der Waals surface area contributed by atoms with E-state index in [2.05, 4.69) is 11.7 Å². The molecule has 0 fully saturated rings. The third-order valence-corrected chi connectivity index (χ3v) is 4.54. The van der Waals surface area contributed by atoms with E-state index in [9.17, 15) is 9.59 Å². The van der Waals surface area contributed by atoms with Gasteiger partial charge in [0, 0.05) is 6.42 Å². The highest BCUT2D eigenvalue weighted by molar-refractivity contribution is 5.70. The quantitative estimate of drug-likeness (QED) is 0.163. The standard InChI is InChI=1S/C23H44O8/c1-3-4-5-6-7-8-9-10-11-12-22(24)31-20-19-29-16-15-27-13-14-28-17-18-30-21-23(25)26-2/h3-21H2,1-2H3. The van der Waals surface area contributed by atoms with Gasteiger partial charge >= 0.3 is 11.9 Å². The molecule has 0 radical (unpaired) electrons. The van der Waals surface area contributed by atoms with E-state index < -0.39 is 5.97 Å². The van der Waals surface area contributed by atoms with Gasteiger partial charge in [-0.1, -0.05) is 58.3 Å². The van der Waals surface area contributed by atoms with Gasteiger partial charge in [-0.25, -0.2) is 4.79 Å². The number of ether oxygens (including phenoxy) is 6. The van der Waals surface area contributed by atoms with Crippen LogP contribution in [0.2, 0.25) is 0 Å². The first-order valence-corrected chi connectivity index (χ1v) is 11.7. The molecule has 0 spiro atoms. The highest BCUT2D eigenvalue weighted by Crippen LogP contribution is 2.10. The summed E-state index contributed by atoms with van der Waals surface area (Å²) in [6, 6.07) is 0. The maximum atomic E-state index is 11.7. The molecule has 0 atom stereocenters. The van der Waals surface area contributed by atoms with Crippen molar-refractivity contribution in [3.8, 4) is 0 Å². The van der Waals surface area contributed by atoms with Gasteiger partial charge in [-0.15, -0.1) is 0 Å². The first-order chi connectivity index (χ1) is 15.2. The number of carbonyl (C=O) groups excluding carboxylic acids is 2. The summed E-state index contributed by atoms with van der Waals surface area (Å²) < 4.78 is 30.7. The van der Waals surface area contributed by atoms with Crippen LogP contribution in [-0.4, -0.2) is 78.5 Å². The first-order valence-electron chi connectivity index (χ1n) is 11.7. The van der Waals surface area contributed by atoms with Crippen LogP contribution in [0, 0.1) is 0 Å². The molecule has 31 heavy (non-hydrogen) atoms. The van der Waals surface area contributed by atoms with Gasteiger partial charge in [0.15, 0.2) is 0 Å². The number of unbranched alkanes of at least 4 members (excludes halogenated alkanes) is 8. The number of esters is 2. The van der Waals surface area contributed by atoms with Crippen LogP contribution in [0.15, 0.2) is 0 Å². The monoisotopic (exact) mass is 448 g/mol. The fourth-order valence-electron chi connectivity index (χ4n) is 2.74. The Morgan fingerprint density at radius 2 is 1.00 bits per heavy atom. The van der Waals surface area contributed by atoms with Crippen LogP contribution >= 0.6 is 0 Å². The minimum atomic E-state index is -0.406. The fraction of sp³-hybridized carbons (Fsp3) is 0.913. The van der Waals surface area contributed by atoms with Crippen molar-refractivity contribution in [3.05, 3.63) is 0 Å². The van der Waals surface area contributed by atoms with Crippen LogP contribution in [0.1, 0.15) is 71.1 Å². The molecule has 184 valence electrons. The van der Waals surface area contributed by atoms with Gasteiger partial charge in [0.05, 0.1) is 53.4 Å². The first kappa shape index (κ1) is 29.8. The Hall–Kier alpha value is -1.22. The van der Waals surface area contributed by atoms with E-state index in [-0.39, 0.29) is 19.2 Å². The van der Waals surface area contributed by atoms with Gasteiger partial charge in [0.25, 0.3) is 0 Å². The van der Waals surface area contributed by atoms with Crippen molar-refractivity contribution < 1.29 is 38.0 Å². The molecule has 0 bridgehead atoms. The summed E-state index contributed by atoms with van der Waals surface area (Å²) in [6.07, 6.45) is 11.6. The minimum Gasteiger partial charge on any atom is -0.467 e. The molecule has 0 aromatic heterocycles. The predicted molar refractivity (Wildman–Crippen MR) is 118 cm³/mol. The Labute approximate surface area is 188 Å². The second-order valence-corrected chi connectivity index (χ2v) is 7.26. The number of hydrogen-bond acceptors (Lipinski definition) is 8. The molecule has 0 N–H and O–H groups in total. The van der Waals surface area contributed by atoms with Crippen molar-refractivity contribution in [1.29, 1.82) is 0 Å². The molecule has 8 heteroatoms. The number of hydrogen-bond donors (Lipinski definition) is 0. The van der Waals surface area contributed by atoms with Crippen LogP contribution in [0.5, 0.6) is 0 Å². The number of rotatable bonds is 24. The average molecular weight is 449 g/mol. The minimum absolute atomic E-state index is 0.0672. The van der Waals surface area contributed by atoms with Crippen molar-refractivity contribution >= 4 is 11.9 Å². The molecule has 0 aliphatic heterocycles. The SMILES string of the molecule is CCCCCCCCCCCC(=O)OCCOCCOCCOCCOCC(=O)OC. The summed E-state index contributed by atoms with van der Waals surface area (Å²) in [6.45, 7) is 5.33. The van der Waals surface area contributed by atoms with Crippen LogP contribution in [0.3, 0.4) is 0 Å². The lowest BCUT2D eigenvalue weighted by atomic mass is 10.1. The zero-order valence-corrected chi connectivity index (χ0v) is 19.7. The predicted octanol–water partition coefficient (Wildman–Crippen LogP) is 3.69. The van der Waals surface area contributed by atoms with Crippen LogP contribution in [0.4, 0.5) is 0 Å². The summed E-state index contributed by atoms with van der Waals surface area (Å²) in [5.74, 6) is -0.549. The molecule has 0 heterocycles. The lowest BCUT2D eigenvalue weighted by molar-refractivity contribution is -0.147. The molecule has 0 aliphatic carbocycles. The topological polar surface area (TPSA) is 89.5 Å². The zero-order valence-electron chi connectivity index (χ0n) is 19.7. The van der Waals surface area contributed by atoms with Crippen molar-refractivity contribution in [3.63, 3.8) is 0 Å². The van der Waals surface area contributed by atoms with E-state index in [0.717, 1.165) is 12.8 Å². The van der Waals surface area contributed by atoms with Gasteiger partial charge in [-0.05, 0) is 6.42 Å². The fourth-order valence-corrected chi connectivity index (χ4v) is 2.74. The molecule has 0 amide bonds. The number of methoxy groups -OCH3 is 1. The van der Waals surface area contributed by atoms with E-state index in [1.807, 2.05) is 0 Å². The van der Waals surface area contributed by atoms with E-state index in [4.69, 9.17) is 23.7 Å². The van der Waals surface area contributed by atoms with Crippen LogP contribution in [0.25, 0.3) is 0 Å². The average Bonchev–Trinajstić information content (AvgIpc) is 2.77. The molecular formula is C23H44O8. The molecule has 0 saturated heterocycles. The van der Waals surface area contributed by atoms with Crippen molar-refractivity contribution in [2.45, 2.75) is 71.1 Å². The molecule has 0 unspecified atom stereocenters. The molecule has 0 aliphatic rings. The van der Waals surface area contributed by atoms with E-state index in [1.54, 1.807) is 0 Å². The molecule has 0 saturated carbocycles. The van der Waals surface area contributed by atoms with Gasteiger partial charge in [0.1, 0.15) is 13.2 Å². The summed E-state index contributed by atoms with van der Waals surface area (Å²) in [5.41, 5.74) is 0. The van der Waals surface area contributed by atoms with Gasteiger partial charge in [-0.2, -0.15) is 0 Å². The van der Waals surface area contributed by atoms with E-state index in [0.29, 0.717) is 52.7 Å². The maximum Gasteiger partial charge on any atom is 0.331 e. The third kappa shape index (κ3) is 24.9. The largest absolute Gasteiger partial charge is 0.467 e. The Morgan fingerprint density at radius 3 is 1.52 bits per heavy atom. The summed E-state index contributed by atoms with van der Waals surface area (Å²) in [7, 11) is 1.31. The Morgan fingerprint density at radius 1 is 0.548 bits per heavy atom. The highest BCUT2D eigenvalue weighted by Gasteiger charge is 2.03.